The van der Waals surface area contributed by atoms with E-state index in [2.05, 4.69) is 15.5 Å². The predicted molar refractivity (Wildman–Crippen MR) is 54.2 cm³/mol. The summed E-state index contributed by atoms with van der Waals surface area (Å²) in [6.45, 7) is 1.72. The van der Waals surface area contributed by atoms with Crippen molar-refractivity contribution < 1.29 is 9.32 Å². The van der Waals surface area contributed by atoms with Gasteiger partial charge in [-0.2, -0.15) is 4.98 Å². The zero-order chi connectivity index (χ0) is 10.7. The highest BCUT2D eigenvalue weighted by molar-refractivity contribution is 5.90. The molecule has 2 rings (SSSR count). The number of aromatic nitrogens is 2. The molecule has 0 saturated heterocycles. The fourth-order valence-electron chi connectivity index (χ4n) is 1.92. The summed E-state index contributed by atoms with van der Waals surface area (Å²) in [5.41, 5.74) is 0. The summed E-state index contributed by atoms with van der Waals surface area (Å²) in [6, 6.07) is 0.211. The van der Waals surface area contributed by atoms with E-state index in [-0.39, 0.29) is 17.8 Å². The molecule has 82 valence electrons. The van der Waals surface area contributed by atoms with Crippen LogP contribution >= 0.6 is 0 Å². The van der Waals surface area contributed by atoms with E-state index in [1.807, 2.05) is 0 Å². The Balaban J connectivity index is 1.91. The van der Waals surface area contributed by atoms with E-state index >= 15 is 0 Å². The van der Waals surface area contributed by atoms with Gasteiger partial charge in [0.2, 0.25) is 5.91 Å². The molecule has 1 aromatic rings. The highest BCUT2D eigenvalue weighted by atomic mass is 16.5. The van der Waals surface area contributed by atoms with Crippen LogP contribution in [0.15, 0.2) is 4.52 Å². The van der Waals surface area contributed by atoms with E-state index in [4.69, 9.17) is 4.52 Å². The van der Waals surface area contributed by atoms with Crippen LogP contribution in [-0.4, -0.2) is 16.0 Å². The Morgan fingerprint density at radius 1 is 1.40 bits per heavy atom. The highest BCUT2D eigenvalue weighted by Gasteiger charge is 2.22. The first-order chi connectivity index (χ1) is 7.25. The standard InChI is InChI=1S/C10H15N3O2/c1-7-11-10(15-13-7)12-9(14)8-5-3-2-4-6-8/h8H,2-6H2,1H3,(H,11,12,13,14). The van der Waals surface area contributed by atoms with Gasteiger partial charge in [-0.05, 0) is 19.8 Å². The summed E-state index contributed by atoms with van der Waals surface area (Å²) >= 11 is 0. The lowest BCUT2D eigenvalue weighted by molar-refractivity contribution is -0.120. The van der Waals surface area contributed by atoms with Crippen LogP contribution in [-0.2, 0) is 4.79 Å². The van der Waals surface area contributed by atoms with Crippen LogP contribution in [0.1, 0.15) is 37.9 Å². The number of carbonyl (C=O) groups is 1. The maximum absolute atomic E-state index is 11.7. The SMILES string of the molecule is Cc1noc(NC(=O)C2CCCCC2)n1. The van der Waals surface area contributed by atoms with Crippen LogP contribution in [0.3, 0.4) is 0 Å². The van der Waals surface area contributed by atoms with Crippen molar-refractivity contribution in [1.29, 1.82) is 0 Å². The highest BCUT2D eigenvalue weighted by Crippen LogP contribution is 2.24. The third-order valence-corrected chi connectivity index (χ3v) is 2.73. The Bertz CT molecular complexity index is 342. The van der Waals surface area contributed by atoms with E-state index in [1.165, 1.54) is 6.42 Å². The maximum atomic E-state index is 11.7. The lowest BCUT2D eigenvalue weighted by Crippen LogP contribution is -2.24. The number of amides is 1. The molecule has 1 heterocycles. The second-order valence-electron chi connectivity index (χ2n) is 3.97. The molecule has 0 aliphatic heterocycles. The van der Waals surface area contributed by atoms with Gasteiger partial charge in [0, 0.05) is 5.92 Å². The van der Waals surface area contributed by atoms with E-state index in [0.29, 0.717) is 5.82 Å². The molecule has 15 heavy (non-hydrogen) atoms. The fourth-order valence-corrected chi connectivity index (χ4v) is 1.92. The number of rotatable bonds is 2. The van der Waals surface area contributed by atoms with Gasteiger partial charge in [-0.1, -0.05) is 24.4 Å². The van der Waals surface area contributed by atoms with Crippen LogP contribution in [0.25, 0.3) is 0 Å². The molecule has 5 heteroatoms. The number of carbonyl (C=O) groups excluding carboxylic acids is 1. The number of aryl methyl sites for hydroxylation is 1. The minimum atomic E-state index is 0.0124. The maximum Gasteiger partial charge on any atom is 0.328 e. The average Bonchev–Trinajstić information content (AvgIpc) is 2.65. The lowest BCUT2D eigenvalue weighted by Gasteiger charge is -2.19. The first kappa shape index (κ1) is 10.1. The molecule has 0 atom stereocenters. The molecule has 1 fully saturated rings. The van der Waals surface area contributed by atoms with E-state index < -0.39 is 0 Å². The topological polar surface area (TPSA) is 68.0 Å². The molecular formula is C10H15N3O2. The molecule has 1 amide bonds. The van der Waals surface area contributed by atoms with Crippen LogP contribution in [0.5, 0.6) is 0 Å². The second-order valence-corrected chi connectivity index (χ2v) is 3.97. The Kier molecular flexibility index (Phi) is 2.99. The largest absolute Gasteiger partial charge is 0.328 e. The summed E-state index contributed by atoms with van der Waals surface area (Å²) in [7, 11) is 0. The average molecular weight is 209 g/mol. The van der Waals surface area contributed by atoms with Crippen molar-refractivity contribution in [3.8, 4) is 0 Å². The zero-order valence-corrected chi connectivity index (χ0v) is 8.82. The van der Waals surface area contributed by atoms with Crippen molar-refractivity contribution in [3.05, 3.63) is 5.82 Å². The van der Waals surface area contributed by atoms with Gasteiger partial charge in [-0.25, -0.2) is 0 Å². The van der Waals surface area contributed by atoms with Crippen LogP contribution in [0, 0.1) is 12.8 Å². The molecule has 0 bridgehead atoms. The van der Waals surface area contributed by atoms with Crippen molar-refractivity contribution in [1.82, 2.24) is 10.1 Å². The van der Waals surface area contributed by atoms with Gasteiger partial charge < -0.3 is 4.52 Å². The molecule has 1 aliphatic carbocycles. The van der Waals surface area contributed by atoms with Crippen LogP contribution < -0.4 is 5.32 Å². The fraction of sp³-hybridized carbons (Fsp3) is 0.700. The van der Waals surface area contributed by atoms with Crippen LogP contribution in [0.2, 0.25) is 0 Å². The number of hydrogen-bond donors (Lipinski definition) is 1. The van der Waals surface area contributed by atoms with Gasteiger partial charge in [0.25, 0.3) is 0 Å². The molecule has 1 saturated carbocycles. The normalized spacial score (nSPS) is 17.7. The minimum Gasteiger partial charge on any atom is -0.315 e. The third kappa shape index (κ3) is 2.55. The second kappa shape index (κ2) is 4.42. The molecule has 0 spiro atoms. The lowest BCUT2D eigenvalue weighted by atomic mass is 9.89. The smallest absolute Gasteiger partial charge is 0.315 e. The van der Waals surface area contributed by atoms with Crippen molar-refractivity contribution >= 4 is 11.9 Å². The first-order valence-electron chi connectivity index (χ1n) is 5.37. The van der Waals surface area contributed by atoms with E-state index in [0.717, 1.165) is 25.7 Å². The van der Waals surface area contributed by atoms with Gasteiger partial charge in [0.15, 0.2) is 5.82 Å². The number of nitrogens with zero attached hydrogens (tertiary/aromatic N) is 2. The Hall–Kier alpha value is -1.39. The van der Waals surface area contributed by atoms with Crippen molar-refractivity contribution in [2.75, 3.05) is 5.32 Å². The zero-order valence-electron chi connectivity index (χ0n) is 8.82. The Labute approximate surface area is 88.2 Å². The molecule has 5 nitrogen and oxygen atoms in total. The van der Waals surface area contributed by atoms with Gasteiger partial charge in [0.1, 0.15) is 0 Å². The van der Waals surface area contributed by atoms with E-state index in [9.17, 15) is 4.79 Å². The molecule has 1 N–H and O–H groups in total. The molecule has 1 aliphatic rings. The number of anilines is 1. The number of nitrogens with one attached hydrogen (secondary N) is 1. The minimum absolute atomic E-state index is 0.0124. The molecule has 0 aromatic carbocycles. The molecular weight excluding hydrogens is 194 g/mol. The summed E-state index contributed by atoms with van der Waals surface area (Å²) < 4.78 is 4.83. The quantitative estimate of drug-likeness (QED) is 0.807. The van der Waals surface area contributed by atoms with Crippen molar-refractivity contribution in [3.63, 3.8) is 0 Å². The van der Waals surface area contributed by atoms with E-state index in [1.54, 1.807) is 6.92 Å². The molecule has 0 unspecified atom stereocenters. The van der Waals surface area contributed by atoms with Crippen LogP contribution in [0.4, 0.5) is 6.01 Å². The van der Waals surface area contributed by atoms with Gasteiger partial charge in [-0.15, -0.1) is 0 Å². The van der Waals surface area contributed by atoms with Gasteiger partial charge >= 0.3 is 6.01 Å². The Morgan fingerprint density at radius 3 is 2.73 bits per heavy atom. The third-order valence-electron chi connectivity index (χ3n) is 2.73. The molecule has 1 aromatic heterocycles. The van der Waals surface area contributed by atoms with Crippen molar-refractivity contribution in [2.24, 2.45) is 5.92 Å². The van der Waals surface area contributed by atoms with Gasteiger partial charge in [0.05, 0.1) is 0 Å². The summed E-state index contributed by atoms with van der Waals surface area (Å²) in [6.07, 6.45) is 5.46. The summed E-state index contributed by atoms with van der Waals surface area (Å²) in [5, 5.41) is 6.27. The summed E-state index contributed by atoms with van der Waals surface area (Å²) in [4.78, 5) is 15.7. The predicted octanol–water partition coefficient (Wildman–Crippen LogP) is 1.90. The van der Waals surface area contributed by atoms with Crippen molar-refractivity contribution in [2.45, 2.75) is 39.0 Å². The molecule has 0 radical (unpaired) electrons. The first-order valence-corrected chi connectivity index (χ1v) is 5.37. The monoisotopic (exact) mass is 209 g/mol. The Morgan fingerprint density at radius 2 is 2.13 bits per heavy atom. The van der Waals surface area contributed by atoms with Gasteiger partial charge in [-0.3, -0.25) is 10.1 Å². The summed E-state index contributed by atoms with van der Waals surface area (Å²) in [5.74, 6) is 0.665. The number of hydrogen-bond acceptors (Lipinski definition) is 4.